The van der Waals surface area contributed by atoms with Crippen LogP contribution >= 0.6 is 7.82 Å². The summed E-state index contributed by atoms with van der Waals surface area (Å²) in [4.78, 5) is 11.6. The van der Waals surface area contributed by atoms with E-state index in [0.717, 1.165) is 11.6 Å². The molecule has 0 amide bonds. The SMILES string of the molecule is COP(=O)(OC)O/C(C)=C/C(=O)OCCc1ccccc1. The maximum atomic E-state index is 11.7. The van der Waals surface area contributed by atoms with E-state index in [4.69, 9.17) is 9.26 Å². The van der Waals surface area contributed by atoms with Gasteiger partial charge in [-0.25, -0.2) is 9.36 Å². The van der Waals surface area contributed by atoms with Gasteiger partial charge < -0.3 is 9.26 Å². The first kappa shape index (κ1) is 17.4. The molecule has 0 aromatic heterocycles. The summed E-state index contributed by atoms with van der Waals surface area (Å²) in [7, 11) is -1.26. The minimum absolute atomic E-state index is 0.0896. The van der Waals surface area contributed by atoms with E-state index in [2.05, 4.69) is 9.05 Å². The number of hydrogen-bond donors (Lipinski definition) is 0. The molecule has 0 atom stereocenters. The minimum Gasteiger partial charge on any atom is -0.462 e. The fraction of sp³-hybridized carbons (Fsp3) is 0.357. The molecule has 0 aliphatic heterocycles. The van der Waals surface area contributed by atoms with Gasteiger partial charge in [-0.1, -0.05) is 30.3 Å². The Morgan fingerprint density at radius 3 is 2.38 bits per heavy atom. The topological polar surface area (TPSA) is 71.1 Å². The van der Waals surface area contributed by atoms with Gasteiger partial charge in [0.2, 0.25) is 0 Å². The lowest BCUT2D eigenvalue weighted by Crippen LogP contribution is -2.06. The number of allylic oxidation sites excluding steroid dienone is 1. The second-order valence-corrected chi connectivity index (χ2v) is 5.87. The fourth-order valence-electron chi connectivity index (χ4n) is 1.47. The predicted octanol–water partition coefficient (Wildman–Crippen LogP) is 3.09. The van der Waals surface area contributed by atoms with E-state index in [1.165, 1.54) is 21.1 Å². The van der Waals surface area contributed by atoms with Crippen molar-refractivity contribution < 1.29 is 27.7 Å². The van der Waals surface area contributed by atoms with Gasteiger partial charge in [-0.2, -0.15) is 0 Å². The molecule has 0 bridgehead atoms. The van der Waals surface area contributed by atoms with Crippen molar-refractivity contribution in [2.24, 2.45) is 0 Å². The summed E-state index contributed by atoms with van der Waals surface area (Å²) >= 11 is 0. The Hall–Kier alpha value is -1.62. The fourth-order valence-corrected chi connectivity index (χ4v) is 2.18. The van der Waals surface area contributed by atoms with Crippen molar-refractivity contribution in [1.29, 1.82) is 0 Å². The van der Waals surface area contributed by atoms with Crippen LogP contribution in [0.3, 0.4) is 0 Å². The van der Waals surface area contributed by atoms with Gasteiger partial charge in [-0.3, -0.25) is 9.05 Å². The van der Waals surface area contributed by atoms with Crippen molar-refractivity contribution in [3.63, 3.8) is 0 Å². The number of phosphoric acid groups is 1. The van der Waals surface area contributed by atoms with Gasteiger partial charge in [0.05, 0.1) is 12.7 Å². The second kappa shape index (κ2) is 8.62. The second-order valence-electron chi connectivity index (χ2n) is 4.06. The molecule has 21 heavy (non-hydrogen) atoms. The molecule has 0 spiro atoms. The molecule has 0 aliphatic carbocycles. The van der Waals surface area contributed by atoms with Gasteiger partial charge in [-0.05, 0) is 12.5 Å². The summed E-state index contributed by atoms with van der Waals surface area (Å²) in [5, 5.41) is 0. The summed E-state index contributed by atoms with van der Waals surface area (Å²) in [6.07, 6.45) is 1.71. The molecule has 0 fully saturated rings. The Labute approximate surface area is 124 Å². The molecule has 0 radical (unpaired) electrons. The monoisotopic (exact) mass is 314 g/mol. The van der Waals surface area contributed by atoms with Gasteiger partial charge in [0.25, 0.3) is 0 Å². The normalized spacial score (nSPS) is 12.0. The van der Waals surface area contributed by atoms with Crippen LogP contribution in [0.2, 0.25) is 0 Å². The number of ether oxygens (including phenoxy) is 1. The van der Waals surface area contributed by atoms with Crippen LogP contribution in [0.15, 0.2) is 42.2 Å². The Bertz CT molecular complexity index is 518. The molecule has 0 saturated heterocycles. The summed E-state index contributed by atoms with van der Waals surface area (Å²) in [6.45, 7) is 1.71. The van der Waals surface area contributed by atoms with Gasteiger partial charge in [-0.15, -0.1) is 0 Å². The predicted molar refractivity (Wildman–Crippen MR) is 77.6 cm³/mol. The van der Waals surface area contributed by atoms with Crippen molar-refractivity contribution in [3.05, 3.63) is 47.7 Å². The zero-order valence-corrected chi connectivity index (χ0v) is 13.2. The highest BCUT2D eigenvalue weighted by molar-refractivity contribution is 7.48. The zero-order chi connectivity index (χ0) is 15.7. The summed E-state index contributed by atoms with van der Waals surface area (Å²) in [5.74, 6) is -0.492. The number of hydrogen-bond acceptors (Lipinski definition) is 6. The first-order chi connectivity index (χ1) is 9.99. The molecule has 0 N–H and O–H groups in total. The maximum absolute atomic E-state index is 11.7. The van der Waals surface area contributed by atoms with Crippen LogP contribution in [0.1, 0.15) is 12.5 Å². The average Bonchev–Trinajstić information content (AvgIpc) is 2.48. The quantitative estimate of drug-likeness (QED) is 0.318. The lowest BCUT2D eigenvalue weighted by Gasteiger charge is -2.14. The molecule has 0 aliphatic rings. The lowest BCUT2D eigenvalue weighted by molar-refractivity contribution is -0.137. The molecule has 0 heterocycles. The molecule has 7 heteroatoms. The Morgan fingerprint density at radius 2 is 1.81 bits per heavy atom. The van der Waals surface area contributed by atoms with Crippen molar-refractivity contribution in [2.75, 3.05) is 20.8 Å². The lowest BCUT2D eigenvalue weighted by atomic mass is 10.2. The number of carbonyl (C=O) groups excluding carboxylic acids is 1. The van der Waals surface area contributed by atoms with Crippen LogP contribution in [0.25, 0.3) is 0 Å². The van der Waals surface area contributed by atoms with Crippen molar-refractivity contribution >= 4 is 13.8 Å². The highest BCUT2D eigenvalue weighted by atomic mass is 31.2. The third-order valence-electron chi connectivity index (χ3n) is 2.50. The summed E-state index contributed by atoms with van der Waals surface area (Å²) < 4.78 is 30.8. The van der Waals surface area contributed by atoms with Crippen LogP contribution in [0.5, 0.6) is 0 Å². The standard InChI is InChI=1S/C14H19O6P/c1-12(20-21(16,17-2)18-3)11-14(15)19-10-9-13-7-5-4-6-8-13/h4-8,11H,9-10H2,1-3H3/b12-11+. The van der Waals surface area contributed by atoms with E-state index >= 15 is 0 Å². The average molecular weight is 314 g/mol. The van der Waals surface area contributed by atoms with E-state index in [1.54, 1.807) is 0 Å². The number of carbonyl (C=O) groups is 1. The molecule has 1 rings (SSSR count). The molecule has 0 saturated carbocycles. The van der Waals surface area contributed by atoms with Gasteiger partial charge in [0, 0.05) is 20.6 Å². The first-order valence-electron chi connectivity index (χ1n) is 6.29. The highest BCUT2D eigenvalue weighted by Gasteiger charge is 2.24. The number of esters is 1. The molecular weight excluding hydrogens is 295 g/mol. The number of phosphoric ester groups is 1. The molecule has 1 aromatic carbocycles. The Kier molecular flexibility index (Phi) is 7.15. The van der Waals surface area contributed by atoms with E-state index < -0.39 is 13.8 Å². The largest absolute Gasteiger partial charge is 0.529 e. The van der Waals surface area contributed by atoms with Crippen LogP contribution < -0.4 is 0 Å². The van der Waals surface area contributed by atoms with Gasteiger partial charge >= 0.3 is 13.8 Å². The first-order valence-corrected chi connectivity index (χ1v) is 7.75. The zero-order valence-electron chi connectivity index (χ0n) is 12.3. The van der Waals surface area contributed by atoms with Crippen molar-refractivity contribution in [1.82, 2.24) is 0 Å². The van der Waals surface area contributed by atoms with Crippen LogP contribution in [0, 0.1) is 0 Å². The third kappa shape index (κ3) is 6.58. The minimum atomic E-state index is -3.64. The maximum Gasteiger partial charge on any atom is 0.529 e. The number of benzene rings is 1. The van der Waals surface area contributed by atoms with Gasteiger partial charge in [0.1, 0.15) is 5.76 Å². The molecule has 1 aromatic rings. The van der Waals surface area contributed by atoms with Crippen molar-refractivity contribution in [2.45, 2.75) is 13.3 Å². The smallest absolute Gasteiger partial charge is 0.462 e. The van der Waals surface area contributed by atoms with Gasteiger partial charge in [0.15, 0.2) is 0 Å². The molecule has 6 nitrogen and oxygen atoms in total. The van der Waals surface area contributed by atoms with E-state index in [1.807, 2.05) is 30.3 Å². The van der Waals surface area contributed by atoms with E-state index in [0.29, 0.717) is 6.42 Å². The highest BCUT2D eigenvalue weighted by Crippen LogP contribution is 2.49. The molecule has 116 valence electrons. The molecule has 0 unspecified atom stereocenters. The van der Waals surface area contributed by atoms with E-state index in [-0.39, 0.29) is 12.4 Å². The summed E-state index contributed by atoms with van der Waals surface area (Å²) in [5.41, 5.74) is 1.07. The number of rotatable bonds is 8. The van der Waals surface area contributed by atoms with Crippen molar-refractivity contribution in [3.8, 4) is 0 Å². The van der Waals surface area contributed by atoms with Crippen LogP contribution in [0.4, 0.5) is 0 Å². The third-order valence-corrected chi connectivity index (χ3v) is 3.91. The van der Waals surface area contributed by atoms with Crippen LogP contribution in [-0.4, -0.2) is 26.8 Å². The van der Waals surface area contributed by atoms with E-state index in [9.17, 15) is 9.36 Å². The Balaban J connectivity index is 2.41. The Morgan fingerprint density at radius 1 is 1.19 bits per heavy atom. The summed E-state index contributed by atoms with van der Waals surface area (Å²) in [6, 6.07) is 9.66. The van der Waals surface area contributed by atoms with Crippen LogP contribution in [-0.2, 0) is 34.1 Å². The molecular formula is C14H19O6P.